The van der Waals surface area contributed by atoms with Crippen molar-refractivity contribution in [2.24, 2.45) is 0 Å². The van der Waals surface area contributed by atoms with Crippen LogP contribution in [0.2, 0.25) is 0 Å². The van der Waals surface area contributed by atoms with E-state index in [-0.39, 0.29) is 12.1 Å². The Hall–Kier alpha value is -2.84. The Morgan fingerprint density at radius 1 is 0.786 bits per heavy atom. The lowest BCUT2D eigenvalue weighted by atomic mass is 9.81. The van der Waals surface area contributed by atoms with Gasteiger partial charge < -0.3 is 4.74 Å². The third-order valence-corrected chi connectivity index (χ3v) is 5.11. The first kappa shape index (κ1) is 19.9. The standard InChI is InChI=1S/C26H29NO/c1-5-25(21-12-8-6-9-13-21)26(22-14-10-7-11-15-22)23-16-18-24(19-17-23)28-20(2)27(3)4/h5-20,26H,1-4H3. The minimum absolute atomic E-state index is 0.0335. The number of rotatable bonds is 7. The van der Waals surface area contributed by atoms with Crippen LogP contribution in [0.4, 0.5) is 0 Å². The number of ether oxygens (including phenoxy) is 1. The molecule has 0 aliphatic heterocycles. The summed E-state index contributed by atoms with van der Waals surface area (Å²) in [5, 5.41) is 0. The molecule has 0 amide bonds. The number of allylic oxidation sites excluding steroid dienone is 2. The molecule has 0 radical (unpaired) electrons. The molecular formula is C26H29NO. The van der Waals surface area contributed by atoms with E-state index < -0.39 is 0 Å². The molecule has 0 fully saturated rings. The van der Waals surface area contributed by atoms with Crippen LogP contribution < -0.4 is 4.74 Å². The van der Waals surface area contributed by atoms with E-state index in [1.165, 1.54) is 22.3 Å². The third kappa shape index (κ3) is 4.71. The summed E-state index contributed by atoms with van der Waals surface area (Å²) in [7, 11) is 4.03. The Kier molecular flexibility index (Phi) is 6.67. The average Bonchev–Trinajstić information content (AvgIpc) is 2.74. The van der Waals surface area contributed by atoms with Gasteiger partial charge in [-0.05, 0) is 62.3 Å². The fourth-order valence-electron chi connectivity index (χ4n) is 3.37. The molecule has 2 unspecified atom stereocenters. The van der Waals surface area contributed by atoms with E-state index in [1.54, 1.807) is 0 Å². The van der Waals surface area contributed by atoms with Crippen LogP contribution in [0.15, 0.2) is 91.0 Å². The average molecular weight is 372 g/mol. The second-order valence-electron chi connectivity index (χ2n) is 7.20. The van der Waals surface area contributed by atoms with E-state index in [1.807, 2.05) is 25.9 Å². The van der Waals surface area contributed by atoms with Crippen LogP contribution in [-0.2, 0) is 0 Å². The predicted octanol–water partition coefficient (Wildman–Crippen LogP) is 6.21. The number of hydrogen-bond donors (Lipinski definition) is 0. The van der Waals surface area contributed by atoms with Crippen molar-refractivity contribution < 1.29 is 4.74 Å². The molecular weight excluding hydrogens is 342 g/mol. The third-order valence-electron chi connectivity index (χ3n) is 5.11. The predicted molar refractivity (Wildman–Crippen MR) is 119 cm³/mol. The molecule has 0 aliphatic rings. The van der Waals surface area contributed by atoms with Crippen molar-refractivity contribution in [2.75, 3.05) is 14.1 Å². The number of nitrogens with zero attached hydrogens (tertiary/aromatic N) is 1. The molecule has 144 valence electrons. The molecule has 0 aliphatic carbocycles. The molecule has 28 heavy (non-hydrogen) atoms. The molecule has 2 atom stereocenters. The Morgan fingerprint density at radius 2 is 1.32 bits per heavy atom. The molecule has 0 saturated heterocycles. The van der Waals surface area contributed by atoms with E-state index in [9.17, 15) is 0 Å². The smallest absolute Gasteiger partial charge is 0.149 e. The van der Waals surface area contributed by atoms with Crippen LogP contribution in [-0.4, -0.2) is 25.2 Å². The van der Waals surface area contributed by atoms with E-state index in [0.717, 1.165) is 5.75 Å². The topological polar surface area (TPSA) is 12.5 Å². The fourth-order valence-corrected chi connectivity index (χ4v) is 3.37. The van der Waals surface area contributed by atoms with Crippen molar-refractivity contribution in [3.05, 3.63) is 108 Å². The lowest BCUT2D eigenvalue weighted by Gasteiger charge is -2.24. The normalized spacial score (nSPS) is 14.0. The SMILES string of the molecule is CC=C(c1ccccc1)C(c1ccccc1)c1ccc(OC(C)N(C)C)cc1. The Balaban J connectivity index is 1.98. The highest BCUT2D eigenvalue weighted by Crippen LogP contribution is 2.38. The largest absolute Gasteiger partial charge is 0.475 e. The maximum Gasteiger partial charge on any atom is 0.149 e. The van der Waals surface area contributed by atoms with Crippen LogP contribution in [0.1, 0.15) is 36.5 Å². The van der Waals surface area contributed by atoms with Gasteiger partial charge in [-0.15, -0.1) is 0 Å². The second kappa shape index (κ2) is 9.38. The molecule has 0 aromatic heterocycles. The van der Waals surface area contributed by atoms with Crippen molar-refractivity contribution in [2.45, 2.75) is 26.0 Å². The van der Waals surface area contributed by atoms with Crippen LogP contribution in [0.25, 0.3) is 5.57 Å². The Labute approximate surface area is 169 Å². The molecule has 3 aromatic rings. The van der Waals surface area contributed by atoms with E-state index >= 15 is 0 Å². The van der Waals surface area contributed by atoms with E-state index in [0.29, 0.717) is 0 Å². The quantitative estimate of drug-likeness (QED) is 0.458. The van der Waals surface area contributed by atoms with Gasteiger partial charge in [-0.3, -0.25) is 4.90 Å². The van der Waals surface area contributed by atoms with Crippen molar-refractivity contribution in [3.63, 3.8) is 0 Å². The first-order valence-corrected chi connectivity index (χ1v) is 9.79. The highest BCUT2D eigenvalue weighted by atomic mass is 16.5. The van der Waals surface area contributed by atoms with E-state index in [4.69, 9.17) is 4.74 Å². The van der Waals surface area contributed by atoms with Gasteiger partial charge in [0.1, 0.15) is 12.0 Å². The monoisotopic (exact) mass is 371 g/mol. The molecule has 3 aromatic carbocycles. The van der Waals surface area contributed by atoms with Gasteiger partial charge in [-0.2, -0.15) is 0 Å². The van der Waals surface area contributed by atoms with Crippen LogP contribution >= 0.6 is 0 Å². The highest BCUT2D eigenvalue weighted by Gasteiger charge is 2.20. The summed E-state index contributed by atoms with van der Waals surface area (Å²) in [6, 6.07) is 29.8. The van der Waals surface area contributed by atoms with Gasteiger partial charge in [0.2, 0.25) is 0 Å². The van der Waals surface area contributed by atoms with Crippen LogP contribution in [0, 0.1) is 0 Å². The van der Waals surface area contributed by atoms with Crippen molar-refractivity contribution in [1.29, 1.82) is 0 Å². The zero-order valence-electron chi connectivity index (χ0n) is 17.2. The summed E-state index contributed by atoms with van der Waals surface area (Å²) in [6.45, 7) is 4.17. The molecule has 0 N–H and O–H groups in total. The molecule has 2 nitrogen and oxygen atoms in total. The zero-order chi connectivity index (χ0) is 19.9. The molecule has 2 heteroatoms. The maximum absolute atomic E-state index is 6.00. The van der Waals surface area contributed by atoms with Crippen LogP contribution in [0.5, 0.6) is 5.75 Å². The molecule has 3 rings (SSSR count). The summed E-state index contributed by atoms with van der Waals surface area (Å²) < 4.78 is 6.00. The van der Waals surface area contributed by atoms with Gasteiger partial charge in [0.05, 0.1) is 0 Å². The summed E-state index contributed by atoms with van der Waals surface area (Å²) in [4.78, 5) is 2.05. The van der Waals surface area contributed by atoms with Crippen molar-refractivity contribution in [1.82, 2.24) is 4.90 Å². The second-order valence-corrected chi connectivity index (χ2v) is 7.20. The molecule has 0 spiro atoms. The first-order chi connectivity index (χ1) is 13.6. The number of hydrogen-bond acceptors (Lipinski definition) is 2. The van der Waals surface area contributed by atoms with Gasteiger partial charge in [0, 0.05) is 5.92 Å². The number of benzene rings is 3. The minimum Gasteiger partial charge on any atom is -0.475 e. The van der Waals surface area contributed by atoms with Gasteiger partial charge in [0.25, 0.3) is 0 Å². The van der Waals surface area contributed by atoms with Gasteiger partial charge in [0.15, 0.2) is 0 Å². The summed E-state index contributed by atoms with van der Waals surface area (Å²) in [6.07, 6.45) is 2.26. The Morgan fingerprint density at radius 3 is 1.86 bits per heavy atom. The first-order valence-electron chi connectivity index (χ1n) is 9.79. The van der Waals surface area contributed by atoms with Crippen molar-refractivity contribution in [3.8, 4) is 5.75 Å². The summed E-state index contributed by atoms with van der Waals surface area (Å²) >= 11 is 0. The van der Waals surface area contributed by atoms with Crippen LogP contribution in [0.3, 0.4) is 0 Å². The molecule has 0 heterocycles. The van der Waals surface area contributed by atoms with Gasteiger partial charge in [-0.1, -0.05) is 78.9 Å². The highest BCUT2D eigenvalue weighted by molar-refractivity contribution is 5.75. The molecule has 0 bridgehead atoms. The molecule has 0 saturated carbocycles. The van der Waals surface area contributed by atoms with Gasteiger partial charge >= 0.3 is 0 Å². The fraction of sp³-hybridized carbons (Fsp3) is 0.231. The Bertz CT molecular complexity index is 883. The lowest BCUT2D eigenvalue weighted by molar-refractivity contribution is 0.0815. The zero-order valence-corrected chi connectivity index (χ0v) is 17.2. The lowest BCUT2D eigenvalue weighted by Crippen LogP contribution is -2.30. The van der Waals surface area contributed by atoms with Crippen molar-refractivity contribution >= 4 is 5.57 Å². The summed E-state index contributed by atoms with van der Waals surface area (Å²) in [5.41, 5.74) is 5.10. The minimum atomic E-state index is 0.0335. The van der Waals surface area contributed by atoms with Gasteiger partial charge in [-0.25, -0.2) is 0 Å². The summed E-state index contributed by atoms with van der Waals surface area (Å²) in [5.74, 6) is 1.06. The van der Waals surface area contributed by atoms with E-state index in [2.05, 4.69) is 97.9 Å². The maximum atomic E-state index is 6.00.